The molecule has 0 aliphatic heterocycles. The molecular weight excluding hydrogens is 214 g/mol. The van der Waals surface area contributed by atoms with Crippen LogP contribution in [-0.4, -0.2) is 21.9 Å². The Morgan fingerprint density at radius 2 is 2.29 bits per heavy atom. The molecule has 1 fully saturated rings. The number of imidazole rings is 1. The van der Waals surface area contributed by atoms with E-state index >= 15 is 0 Å². The van der Waals surface area contributed by atoms with Crippen LogP contribution in [0.5, 0.6) is 0 Å². The zero-order chi connectivity index (χ0) is 12.0. The van der Waals surface area contributed by atoms with E-state index in [-0.39, 0.29) is 11.3 Å². The highest BCUT2D eigenvalue weighted by Crippen LogP contribution is 2.44. The van der Waals surface area contributed by atoms with E-state index in [4.69, 9.17) is 0 Å². The lowest BCUT2D eigenvalue weighted by atomic mass is 10.1. The first-order chi connectivity index (χ1) is 8.06. The first kappa shape index (κ1) is 10.3. The lowest BCUT2D eigenvalue weighted by Crippen LogP contribution is -2.28. The van der Waals surface area contributed by atoms with Gasteiger partial charge in [0.25, 0.3) is 5.91 Å². The number of carbonyl (C=O) groups is 1. The summed E-state index contributed by atoms with van der Waals surface area (Å²) in [5, 5.41) is 3.04. The van der Waals surface area contributed by atoms with Gasteiger partial charge in [-0.1, -0.05) is 13.8 Å². The number of hydrogen-bond donors (Lipinski definition) is 2. The van der Waals surface area contributed by atoms with E-state index in [2.05, 4.69) is 29.1 Å². The average molecular weight is 229 g/mol. The molecule has 1 aromatic carbocycles. The standard InChI is InChI=1S/C13H15N3O/c1-13(2)6-11(13)16-12(17)8-3-4-9-10(5-8)15-7-14-9/h3-5,7,11H,6H2,1-2H3,(H,14,15)(H,16,17). The molecule has 1 aliphatic carbocycles. The zero-order valence-corrected chi connectivity index (χ0v) is 9.95. The molecule has 0 radical (unpaired) electrons. The van der Waals surface area contributed by atoms with Crippen molar-refractivity contribution in [3.8, 4) is 0 Å². The summed E-state index contributed by atoms with van der Waals surface area (Å²) in [6.07, 6.45) is 2.70. The van der Waals surface area contributed by atoms with Crippen LogP contribution >= 0.6 is 0 Å². The minimum atomic E-state index is -0.00271. The topological polar surface area (TPSA) is 57.8 Å². The lowest BCUT2D eigenvalue weighted by molar-refractivity contribution is 0.0946. The number of fused-ring (bicyclic) bond motifs is 1. The fraction of sp³-hybridized carbons (Fsp3) is 0.385. The first-order valence-electron chi connectivity index (χ1n) is 5.80. The summed E-state index contributed by atoms with van der Waals surface area (Å²) in [7, 11) is 0. The Bertz CT molecular complexity index is 585. The number of nitrogens with one attached hydrogen (secondary N) is 2. The number of carbonyl (C=O) groups excluding carboxylic acids is 1. The number of aromatic amines is 1. The van der Waals surface area contributed by atoms with E-state index in [9.17, 15) is 4.79 Å². The highest BCUT2D eigenvalue weighted by Gasteiger charge is 2.46. The van der Waals surface area contributed by atoms with Crippen molar-refractivity contribution in [2.24, 2.45) is 5.41 Å². The van der Waals surface area contributed by atoms with Gasteiger partial charge in [-0.2, -0.15) is 0 Å². The van der Waals surface area contributed by atoms with Gasteiger partial charge in [0.1, 0.15) is 0 Å². The molecule has 1 saturated carbocycles. The van der Waals surface area contributed by atoms with Gasteiger partial charge in [0.2, 0.25) is 0 Å². The van der Waals surface area contributed by atoms with Gasteiger partial charge in [0, 0.05) is 11.6 Å². The third-order valence-electron chi connectivity index (χ3n) is 3.50. The van der Waals surface area contributed by atoms with Crippen LogP contribution in [0.2, 0.25) is 0 Å². The molecule has 1 aliphatic rings. The first-order valence-corrected chi connectivity index (χ1v) is 5.80. The fourth-order valence-electron chi connectivity index (χ4n) is 2.03. The number of aromatic nitrogens is 2. The van der Waals surface area contributed by atoms with Crippen molar-refractivity contribution in [3.63, 3.8) is 0 Å². The fourth-order valence-corrected chi connectivity index (χ4v) is 2.03. The van der Waals surface area contributed by atoms with Gasteiger partial charge in [0.05, 0.1) is 17.4 Å². The molecule has 4 nitrogen and oxygen atoms in total. The minimum Gasteiger partial charge on any atom is -0.349 e. The Hall–Kier alpha value is -1.84. The maximum atomic E-state index is 12.0. The largest absolute Gasteiger partial charge is 0.349 e. The highest BCUT2D eigenvalue weighted by atomic mass is 16.1. The van der Waals surface area contributed by atoms with Crippen LogP contribution in [0.4, 0.5) is 0 Å². The van der Waals surface area contributed by atoms with Crippen LogP contribution in [0.1, 0.15) is 30.6 Å². The molecule has 0 bridgehead atoms. The Kier molecular flexibility index (Phi) is 2.02. The quantitative estimate of drug-likeness (QED) is 0.828. The van der Waals surface area contributed by atoms with Crippen LogP contribution < -0.4 is 5.32 Å². The van der Waals surface area contributed by atoms with Gasteiger partial charge < -0.3 is 10.3 Å². The third kappa shape index (κ3) is 1.79. The summed E-state index contributed by atoms with van der Waals surface area (Å²) in [6.45, 7) is 4.33. The van der Waals surface area contributed by atoms with Crippen LogP contribution in [-0.2, 0) is 0 Å². The summed E-state index contributed by atoms with van der Waals surface area (Å²) >= 11 is 0. The second-order valence-corrected chi connectivity index (χ2v) is 5.35. The van der Waals surface area contributed by atoms with Gasteiger partial charge in [-0.25, -0.2) is 4.98 Å². The van der Waals surface area contributed by atoms with E-state index in [0.717, 1.165) is 17.5 Å². The summed E-state index contributed by atoms with van der Waals surface area (Å²) in [4.78, 5) is 19.1. The molecule has 0 saturated heterocycles. The number of rotatable bonds is 2. The molecule has 2 aromatic rings. The summed E-state index contributed by atoms with van der Waals surface area (Å²) in [6, 6.07) is 5.83. The molecule has 1 amide bonds. The molecule has 2 N–H and O–H groups in total. The Morgan fingerprint density at radius 3 is 3.00 bits per heavy atom. The van der Waals surface area contributed by atoms with Crippen LogP contribution in [0, 0.1) is 5.41 Å². The SMILES string of the molecule is CC1(C)CC1NC(=O)c1ccc2nc[nH]c2c1. The van der Waals surface area contributed by atoms with Crippen molar-refractivity contribution >= 4 is 16.9 Å². The van der Waals surface area contributed by atoms with Crippen molar-refractivity contribution in [1.82, 2.24) is 15.3 Å². The molecular formula is C13H15N3O. The van der Waals surface area contributed by atoms with E-state index < -0.39 is 0 Å². The Labute approximate surface area is 99.4 Å². The predicted molar refractivity (Wildman–Crippen MR) is 65.7 cm³/mol. The number of amides is 1. The zero-order valence-electron chi connectivity index (χ0n) is 9.95. The van der Waals surface area contributed by atoms with Crippen molar-refractivity contribution < 1.29 is 4.79 Å². The Balaban J connectivity index is 1.81. The number of benzene rings is 1. The van der Waals surface area contributed by atoms with Crippen LogP contribution in [0.15, 0.2) is 24.5 Å². The third-order valence-corrected chi connectivity index (χ3v) is 3.50. The van der Waals surface area contributed by atoms with Gasteiger partial charge in [0.15, 0.2) is 0 Å². The number of nitrogens with zero attached hydrogens (tertiary/aromatic N) is 1. The van der Waals surface area contributed by atoms with E-state index in [1.165, 1.54) is 0 Å². The molecule has 1 aromatic heterocycles. The molecule has 3 rings (SSSR count). The van der Waals surface area contributed by atoms with Crippen molar-refractivity contribution in [3.05, 3.63) is 30.1 Å². The molecule has 1 heterocycles. The van der Waals surface area contributed by atoms with E-state index in [1.807, 2.05) is 18.2 Å². The maximum Gasteiger partial charge on any atom is 0.251 e. The summed E-state index contributed by atoms with van der Waals surface area (Å²) in [5.74, 6) is -0.00271. The molecule has 88 valence electrons. The van der Waals surface area contributed by atoms with E-state index in [1.54, 1.807) is 6.33 Å². The summed E-state index contributed by atoms with van der Waals surface area (Å²) in [5.41, 5.74) is 2.72. The smallest absolute Gasteiger partial charge is 0.251 e. The lowest BCUT2D eigenvalue weighted by Gasteiger charge is -2.06. The van der Waals surface area contributed by atoms with Crippen molar-refractivity contribution in [1.29, 1.82) is 0 Å². The van der Waals surface area contributed by atoms with Gasteiger partial charge >= 0.3 is 0 Å². The van der Waals surface area contributed by atoms with Gasteiger partial charge in [-0.15, -0.1) is 0 Å². The number of H-pyrrole nitrogens is 1. The number of hydrogen-bond acceptors (Lipinski definition) is 2. The average Bonchev–Trinajstić information content (AvgIpc) is 2.74. The molecule has 0 spiro atoms. The maximum absolute atomic E-state index is 12.0. The summed E-state index contributed by atoms with van der Waals surface area (Å²) < 4.78 is 0. The van der Waals surface area contributed by atoms with Crippen LogP contribution in [0.25, 0.3) is 11.0 Å². The predicted octanol–water partition coefficient (Wildman–Crippen LogP) is 2.09. The minimum absolute atomic E-state index is 0.00271. The van der Waals surface area contributed by atoms with E-state index in [0.29, 0.717) is 11.6 Å². The second kappa shape index (κ2) is 3.32. The molecule has 4 heteroatoms. The van der Waals surface area contributed by atoms with Crippen LogP contribution in [0.3, 0.4) is 0 Å². The van der Waals surface area contributed by atoms with Crippen molar-refractivity contribution in [2.45, 2.75) is 26.3 Å². The van der Waals surface area contributed by atoms with Gasteiger partial charge in [-0.3, -0.25) is 4.79 Å². The molecule has 1 atom stereocenters. The molecule has 1 unspecified atom stereocenters. The van der Waals surface area contributed by atoms with Crippen molar-refractivity contribution in [2.75, 3.05) is 0 Å². The Morgan fingerprint density at radius 1 is 1.53 bits per heavy atom. The second-order valence-electron chi connectivity index (χ2n) is 5.35. The molecule has 17 heavy (non-hydrogen) atoms. The normalized spacial score (nSPS) is 21.4. The highest BCUT2D eigenvalue weighted by molar-refractivity contribution is 5.97. The van der Waals surface area contributed by atoms with Gasteiger partial charge in [-0.05, 0) is 30.0 Å². The monoisotopic (exact) mass is 229 g/mol.